The molecule has 0 amide bonds. The number of esters is 1. The van der Waals surface area contributed by atoms with Crippen LogP contribution in [0, 0.1) is 17.3 Å². The maximum atomic E-state index is 11.7. The number of hydrogen-bond acceptors (Lipinski definition) is 5. The number of hydrogen-bond donors (Lipinski definition) is 2. The Bertz CT molecular complexity index is 406. The van der Waals surface area contributed by atoms with E-state index in [-0.39, 0.29) is 0 Å². The van der Waals surface area contributed by atoms with E-state index >= 15 is 0 Å². The second kappa shape index (κ2) is 2.41. The van der Waals surface area contributed by atoms with Gasteiger partial charge in [-0.3, -0.25) is 9.59 Å². The monoisotopic (exact) mass is 228 g/mol. The number of aliphatic hydroxyl groups is 1. The minimum Gasteiger partial charge on any atom is -0.481 e. The van der Waals surface area contributed by atoms with E-state index in [2.05, 4.69) is 0 Å². The summed E-state index contributed by atoms with van der Waals surface area (Å²) in [5.41, 5.74) is -0.961. The van der Waals surface area contributed by atoms with Gasteiger partial charge in [0, 0.05) is 6.92 Å². The predicted molar refractivity (Wildman–Crippen MR) is 48.1 cm³/mol. The van der Waals surface area contributed by atoms with E-state index < -0.39 is 47.2 Å². The lowest BCUT2D eigenvalue weighted by Gasteiger charge is -2.35. The van der Waals surface area contributed by atoms with Crippen LogP contribution in [0.4, 0.5) is 0 Å². The summed E-state index contributed by atoms with van der Waals surface area (Å²) in [5.74, 6) is -4.73. The molecule has 0 radical (unpaired) electrons. The molecule has 3 aliphatic rings. The van der Waals surface area contributed by atoms with Gasteiger partial charge in [-0.1, -0.05) is 0 Å². The van der Waals surface area contributed by atoms with E-state index in [1.165, 1.54) is 0 Å². The number of carboxylic acids is 1. The number of fused-ring (bicyclic) bond motifs is 1. The van der Waals surface area contributed by atoms with Crippen LogP contribution in [0.15, 0.2) is 0 Å². The molecule has 1 saturated carbocycles. The number of aliphatic hydroxyl groups excluding tert-OH is 1. The van der Waals surface area contributed by atoms with Gasteiger partial charge in [-0.25, -0.2) is 0 Å². The molecular formula is C10H12O6. The van der Waals surface area contributed by atoms with Crippen molar-refractivity contribution >= 4 is 11.9 Å². The molecule has 2 aliphatic heterocycles. The summed E-state index contributed by atoms with van der Waals surface area (Å²) in [6, 6.07) is 0. The molecule has 0 aromatic carbocycles. The molecule has 3 rings (SSSR count). The van der Waals surface area contributed by atoms with Gasteiger partial charge in [0.1, 0.15) is 6.10 Å². The summed E-state index contributed by atoms with van der Waals surface area (Å²) < 4.78 is 10.5. The Kier molecular flexibility index (Phi) is 1.51. The molecule has 0 spiro atoms. The van der Waals surface area contributed by atoms with Gasteiger partial charge in [0.05, 0.1) is 23.4 Å². The van der Waals surface area contributed by atoms with Crippen molar-refractivity contribution in [2.24, 2.45) is 17.3 Å². The van der Waals surface area contributed by atoms with Gasteiger partial charge in [-0.05, 0) is 6.92 Å². The smallest absolute Gasteiger partial charge is 0.313 e. The fourth-order valence-electron chi connectivity index (χ4n) is 3.42. The summed E-state index contributed by atoms with van der Waals surface area (Å²) in [5, 5.41) is 19.1. The minimum absolute atomic E-state index is 0.587. The van der Waals surface area contributed by atoms with E-state index in [1.807, 2.05) is 0 Å². The van der Waals surface area contributed by atoms with Crippen LogP contribution in [0.2, 0.25) is 0 Å². The largest absolute Gasteiger partial charge is 0.481 e. The molecule has 6 atom stereocenters. The van der Waals surface area contributed by atoms with Gasteiger partial charge in [0.15, 0.2) is 0 Å². The van der Waals surface area contributed by atoms with Crippen molar-refractivity contribution in [2.75, 3.05) is 0 Å². The summed E-state index contributed by atoms with van der Waals surface area (Å²) in [6.45, 7) is 3.22. The Hall–Kier alpha value is -1.14. The summed E-state index contributed by atoms with van der Waals surface area (Å²) in [4.78, 5) is 22.8. The minimum atomic E-state index is -1.19. The highest BCUT2D eigenvalue weighted by Crippen LogP contribution is 2.66. The predicted octanol–water partition coefficient (Wildman–Crippen LogP) is -0.644. The first-order valence-corrected chi connectivity index (χ1v) is 5.14. The fourth-order valence-corrected chi connectivity index (χ4v) is 3.42. The highest BCUT2D eigenvalue weighted by atomic mass is 16.7. The second-order valence-corrected chi connectivity index (χ2v) is 5.02. The molecule has 0 aromatic rings. The zero-order chi connectivity index (χ0) is 11.9. The SMILES string of the molecule is C[C@]12OC(=O)[C@H]3[C@H](C(=O)O)C(O1)C(O)[C@@]32C. The van der Waals surface area contributed by atoms with E-state index in [0.29, 0.717) is 0 Å². The normalized spacial score (nSPS) is 57.8. The Balaban J connectivity index is 2.18. The van der Waals surface area contributed by atoms with Gasteiger partial charge >= 0.3 is 11.9 Å². The molecule has 2 N–H and O–H groups in total. The highest BCUT2D eigenvalue weighted by Gasteiger charge is 2.82. The number of rotatable bonds is 1. The Morgan fingerprint density at radius 1 is 1.44 bits per heavy atom. The summed E-state index contributed by atoms with van der Waals surface area (Å²) >= 11 is 0. The molecule has 2 unspecified atom stereocenters. The van der Waals surface area contributed by atoms with Gasteiger partial charge in [-0.15, -0.1) is 0 Å². The standard InChI is InChI=1S/C10H12O6/c1-9-4-3(7(12)13)5(6(9)11)15-10(9,2)16-8(4)14/h3-6,11H,1-2H3,(H,12,13)/t3-,4+,5?,6?,9+,10+/m0/s1. The van der Waals surface area contributed by atoms with Crippen molar-refractivity contribution in [3.63, 3.8) is 0 Å². The molecule has 6 nitrogen and oxygen atoms in total. The number of ether oxygens (including phenoxy) is 2. The van der Waals surface area contributed by atoms with Gasteiger partial charge in [0.25, 0.3) is 0 Å². The lowest BCUT2D eigenvalue weighted by atomic mass is 9.72. The topological polar surface area (TPSA) is 93.1 Å². The second-order valence-electron chi connectivity index (χ2n) is 5.02. The fraction of sp³-hybridized carbons (Fsp3) is 0.800. The van der Waals surface area contributed by atoms with Gasteiger partial charge < -0.3 is 19.7 Å². The number of aliphatic carboxylic acids is 1. The number of carboxylic acid groups (broad SMARTS) is 1. The van der Waals surface area contributed by atoms with Crippen LogP contribution in [0.3, 0.4) is 0 Å². The molecule has 88 valence electrons. The van der Waals surface area contributed by atoms with E-state index in [1.54, 1.807) is 13.8 Å². The first-order chi connectivity index (χ1) is 7.33. The number of carbonyl (C=O) groups excluding carboxylic acids is 1. The van der Waals surface area contributed by atoms with Crippen LogP contribution in [0.5, 0.6) is 0 Å². The van der Waals surface area contributed by atoms with Crippen LogP contribution in [0.25, 0.3) is 0 Å². The van der Waals surface area contributed by atoms with Crippen molar-refractivity contribution in [1.82, 2.24) is 0 Å². The molecule has 16 heavy (non-hydrogen) atoms. The molecule has 2 bridgehead atoms. The van der Waals surface area contributed by atoms with Crippen molar-refractivity contribution in [2.45, 2.75) is 31.8 Å². The molecule has 6 heteroatoms. The van der Waals surface area contributed by atoms with E-state index in [4.69, 9.17) is 14.6 Å². The molecule has 2 heterocycles. The van der Waals surface area contributed by atoms with Crippen LogP contribution < -0.4 is 0 Å². The van der Waals surface area contributed by atoms with E-state index in [9.17, 15) is 14.7 Å². The maximum Gasteiger partial charge on any atom is 0.313 e. The lowest BCUT2D eigenvalue weighted by Crippen LogP contribution is -2.47. The zero-order valence-corrected chi connectivity index (χ0v) is 8.84. The summed E-state index contributed by atoms with van der Waals surface area (Å²) in [6.07, 6.45) is -1.83. The Morgan fingerprint density at radius 3 is 2.62 bits per heavy atom. The van der Waals surface area contributed by atoms with Crippen LogP contribution in [0.1, 0.15) is 13.8 Å². The number of carbonyl (C=O) groups is 2. The quantitative estimate of drug-likeness (QED) is 0.580. The third-order valence-corrected chi connectivity index (χ3v) is 4.46. The van der Waals surface area contributed by atoms with Crippen molar-refractivity contribution in [3.05, 3.63) is 0 Å². The average Bonchev–Trinajstić information content (AvgIpc) is 2.54. The van der Waals surface area contributed by atoms with Gasteiger partial charge in [-0.2, -0.15) is 0 Å². The third-order valence-electron chi connectivity index (χ3n) is 4.46. The molecule has 3 fully saturated rings. The molecular weight excluding hydrogens is 216 g/mol. The van der Waals surface area contributed by atoms with E-state index in [0.717, 1.165) is 0 Å². The maximum absolute atomic E-state index is 11.7. The van der Waals surface area contributed by atoms with Crippen molar-refractivity contribution < 1.29 is 29.3 Å². The Labute approximate surface area is 91.1 Å². The van der Waals surface area contributed by atoms with Crippen molar-refractivity contribution in [3.8, 4) is 0 Å². The first-order valence-electron chi connectivity index (χ1n) is 5.14. The highest BCUT2D eigenvalue weighted by molar-refractivity contribution is 5.86. The molecule has 2 saturated heterocycles. The third kappa shape index (κ3) is 0.728. The van der Waals surface area contributed by atoms with Crippen LogP contribution in [-0.2, 0) is 19.1 Å². The Morgan fingerprint density at radius 2 is 2.06 bits per heavy atom. The van der Waals surface area contributed by atoms with Crippen LogP contribution >= 0.6 is 0 Å². The molecule has 1 aliphatic carbocycles. The van der Waals surface area contributed by atoms with Crippen LogP contribution in [-0.4, -0.2) is 40.1 Å². The zero-order valence-electron chi connectivity index (χ0n) is 8.84. The first kappa shape index (κ1) is 10.0. The molecule has 0 aromatic heterocycles. The van der Waals surface area contributed by atoms with Gasteiger partial charge in [0.2, 0.25) is 5.79 Å². The average molecular weight is 228 g/mol. The summed E-state index contributed by atoms with van der Waals surface area (Å²) in [7, 11) is 0. The van der Waals surface area contributed by atoms with Crippen molar-refractivity contribution in [1.29, 1.82) is 0 Å². The lowest BCUT2D eigenvalue weighted by molar-refractivity contribution is -0.233.